The van der Waals surface area contributed by atoms with Crippen LogP contribution in [0.15, 0.2) is 29.8 Å². The fourth-order valence-corrected chi connectivity index (χ4v) is 8.78. The summed E-state index contributed by atoms with van der Waals surface area (Å²) in [6, 6.07) is 6.79. The summed E-state index contributed by atoms with van der Waals surface area (Å²) < 4.78 is 26.7. The minimum atomic E-state index is -2.46. The normalized spacial score (nSPS) is 23.6. The van der Waals surface area contributed by atoms with Crippen LogP contribution in [0.2, 0.25) is 0 Å². The molecule has 2 saturated carbocycles. The number of piperidine rings is 1. The van der Waals surface area contributed by atoms with E-state index in [-0.39, 0.29) is 35.5 Å². The van der Waals surface area contributed by atoms with Crippen LogP contribution in [-0.2, 0) is 20.9 Å². The lowest BCUT2D eigenvalue weighted by Gasteiger charge is -2.52. The molecule has 2 unspecified atom stereocenters. The first-order valence-corrected chi connectivity index (χ1v) is 18.5. The SMILES string of the molecule is CO.Cc1ncsc1-c1ccc(CNC(=O)C2CCCN2C(=O)C(NC(=O)CC2CC3(CCN(C[C@H]4CC4(F)F)CC3)C2)C(C)(C)C)cc1. The van der Waals surface area contributed by atoms with Crippen LogP contribution in [0.3, 0.4) is 0 Å². The summed E-state index contributed by atoms with van der Waals surface area (Å²) in [6.07, 6.45) is 5.70. The molecule has 3 amide bonds. The molecule has 0 radical (unpaired) electrons. The van der Waals surface area contributed by atoms with E-state index in [1.54, 1.807) is 16.2 Å². The van der Waals surface area contributed by atoms with Gasteiger partial charge >= 0.3 is 0 Å². The molecule has 6 rings (SSSR count). The molecule has 2 aliphatic carbocycles. The van der Waals surface area contributed by atoms with Crippen molar-refractivity contribution in [2.45, 2.75) is 104 Å². The van der Waals surface area contributed by atoms with Crippen molar-refractivity contribution in [1.29, 1.82) is 0 Å². The van der Waals surface area contributed by atoms with Gasteiger partial charge in [-0.15, -0.1) is 11.3 Å². The molecule has 3 N–H and O–H groups in total. The highest BCUT2D eigenvalue weighted by atomic mass is 32.1. The number of likely N-dealkylation sites (tertiary alicyclic amines) is 2. The number of thiazole rings is 1. The molecule has 270 valence electrons. The van der Waals surface area contributed by atoms with Gasteiger partial charge in [0.2, 0.25) is 17.7 Å². The van der Waals surface area contributed by atoms with Gasteiger partial charge in [-0.05, 0) is 86.4 Å². The topological polar surface area (TPSA) is 115 Å². The third-order valence-corrected chi connectivity index (χ3v) is 11.9. The van der Waals surface area contributed by atoms with Crippen LogP contribution < -0.4 is 10.6 Å². The van der Waals surface area contributed by atoms with Gasteiger partial charge in [-0.1, -0.05) is 45.0 Å². The van der Waals surface area contributed by atoms with E-state index in [9.17, 15) is 23.2 Å². The summed E-state index contributed by atoms with van der Waals surface area (Å²) in [6.45, 7) is 10.9. The van der Waals surface area contributed by atoms with Gasteiger partial charge in [0.15, 0.2) is 0 Å². The van der Waals surface area contributed by atoms with E-state index in [1.165, 1.54) is 0 Å². The van der Waals surface area contributed by atoms with Gasteiger partial charge in [0, 0.05) is 45.5 Å². The first kappa shape index (κ1) is 37.3. The number of benzene rings is 1. The Balaban J connectivity index is 0.00000230. The smallest absolute Gasteiger partial charge is 0.252 e. The number of amides is 3. The van der Waals surface area contributed by atoms with Gasteiger partial charge in [0.25, 0.3) is 5.92 Å². The Morgan fingerprint density at radius 3 is 2.29 bits per heavy atom. The molecule has 12 heteroatoms. The Morgan fingerprint density at radius 2 is 1.71 bits per heavy atom. The monoisotopic (exact) mass is 701 g/mol. The van der Waals surface area contributed by atoms with E-state index in [0.29, 0.717) is 32.5 Å². The molecule has 2 aromatic rings. The van der Waals surface area contributed by atoms with E-state index in [1.807, 2.05) is 57.5 Å². The Morgan fingerprint density at radius 1 is 1.06 bits per heavy atom. The van der Waals surface area contributed by atoms with Gasteiger partial charge in [-0.25, -0.2) is 13.8 Å². The second-order valence-corrected chi connectivity index (χ2v) is 16.5. The molecule has 3 heterocycles. The number of nitrogens with one attached hydrogen (secondary N) is 2. The fourth-order valence-electron chi connectivity index (χ4n) is 7.97. The number of nitrogens with zero attached hydrogens (tertiary/aromatic N) is 3. The molecular formula is C37H53F2N5O4S. The summed E-state index contributed by atoms with van der Waals surface area (Å²) in [5, 5.41) is 13.1. The lowest BCUT2D eigenvalue weighted by atomic mass is 9.56. The number of hydrogen-bond acceptors (Lipinski definition) is 7. The predicted molar refractivity (Wildman–Crippen MR) is 187 cm³/mol. The number of rotatable bonds is 10. The maximum atomic E-state index is 13.9. The van der Waals surface area contributed by atoms with Gasteiger partial charge in [-0.3, -0.25) is 14.4 Å². The van der Waals surface area contributed by atoms with Crippen LogP contribution in [0.5, 0.6) is 0 Å². The molecular weight excluding hydrogens is 649 g/mol. The number of halogens is 2. The van der Waals surface area contributed by atoms with Crippen molar-refractivity contribution in [3.05, 3.63) is 41.0 Å². The van der Waals surface area contributed by atoms with Crippen LogP contribution in [0.25, 0.3) is 10.4 Å². The van der Waals surface area contributed by atoms with Gasteiger partial charge in [-0.2, -0.15) is 0 Å². The number of aromatic nitrogens is 1. The zero-order valence-electron chi connectivity index (χ0n) is 29.6. The van der Waals surface area contributed by atoms with Gasteiger partial charge in [0.1, 0.15) is 12.1 Å². The third kappa shape index (κ3) is 8.86. The van der Waals surface area contributed by atoms with E-state index >= 15 is 0 Å². The average molecular weight is 702 g/mol. The average Bonchev–Trinajstić information content (AvgIpc) is 3.41. The van der Waals surface area contributed by atoms with Crippen molar-refractivity contribution in [2.75, 3.05) is 33.3 Å². The molecule has 4 aliphatic rings. The summed E-state index contributed by atoms with van der Waals surface area (Å²) >= 11 is 1.60. The van der Waals surface area contributed by atoms with Crippen molar-refractivity contribution in [1.82, 2.24) is 25.4 Å². The number of aliphatic hydroxyl groups excluding tert-OH is 1. The van der Waals surface area contributed by atoms with Crippen LogP contribution >= 0.6 is 11.3 Å². The first-order chi connectivity index (χ1) is 23.2. The predicted octanol–water partition coefficient (Wildman–Crippen LogP) is 5.40. The van der Waals surface area contributed by atoms with Gasteiger partial charge in [0.05, 0.1) is 16.1 Å². The van der Waals surface area contributed by atoms with E-state index in [2.05, 4.69) is 20.5 Å². The van der Waals surface area contributed by atoms with Crippen molar-refractivity contribution < 1.29 is 28.3 Å². The van der Waals surface area contributed by atoms with Crippen LogP contribution in [-0.4, -0.2) is 88.9 Å². The molecule has 9 nitrogen and oxygen atoms in total. The summed E-state index contributed by atoms with van der Waals surface area (Å²) in [5.74, 6) is -3.16. The Bertz CT molecular complexity index is 1460. The van der Waals surface area contributed by atoms with Crippen molar-refractivity contribution in [2.24, 2.45) is 22.7 Å². The second kappa shape index (κ2) is 15.1. The summed E-state index contributed by atoms with van der Waals surface area (Å²) in [4.78, 5) is 49.9. The van der Waals surface area contributed by atoms with E-state index in [0.717, 1.165) is 74.0 Å². The summed E-state index contributed by atoms with van der Waals surface area (Å²) in [5.41, 5.74) is 4.61. The quantitative estimate of drug-likeness (QED) is 0.306. The van der Waals surface area contributed by atoms with Crippen molar-refractivity contribution in [3.8, 4) is 10.4 Å². The number of alkyl halides is 2. The standard InChI is InChI=1S/C36H49F2N5O3S.CH4O/c1-23-30(47-22-40-23)26-9-7-24(8-10-26)20-39-32(45)28-6-5-13-43(28)33(46)31(34(2,3)4)41-29(44)16-25-17-35(18-25)11-14-42(15-12-35)21-27-19-36(27,37)38;1-2/h7-10,22,25,27-28,31H,5-6,11-21H2,1-4H3,(H,39,45)(H,41,44);2H,1H3/t27-,28?,31?;/m1./s1. The minimum absolute atomic E-state index is 0.0274. The number of hydrogen-bond donors (Lipinski definition) is 3. The molecule has 0 bridgehead atoms. The number of aliphatic hydroxyl groups is 1. The molecule has 2 saturated heterocycles. The molecule has 1 aromatic carbocycles. The van der Waals surface area contributed by atoms with Crippen LogP contribution in [0.1, 0.15) is 83.4 Å². The highest BCUT2D eigenvalue weighted by molar-refractivity contribution is 7.13. The molecule has 3 atom stereocenters. The second-order valence-electron chi connectivity index (χ2n) is 15.7. The van der Waals surface area contributed by atoms with Crippen LogP contribution in [0, 0.1) is 29.6 Å². The van der Waals surface area contributed by atoms with Gasteiger partial charge < -0.3 is 25.5 Å². The Labute approximate surface area is 293 Å². The fraction of sp³-hybridized carbons (Fsp3) is 0.676. The molecule has 2 aliphatic heterocycles. The number of aryl methyl sites for hydroxylation is 1. The van der Waals surface area contributed by atoms with Crippen LogP contribution in [0.4, 0.5) is 8.78 Å². The molecule has 4 fully saturated rings. The van der Waals surface area contributed by atoms with E-state index in [4.69, 9.17) is 5.11 Å². The highest BCUT2D eigenvalue weighted by Crippen LogP contribution is 2.55. The molecule has 1 spiro atoms. The molecule has 49 heavy (non-hydrogen) atoms. The highest BCUT2D eigenvalue weighted by Gasteiger charge is 2.57. The molecule has 1 aromatic heterocycles. The Kier molecular flexibility index (Phi) is 11.5. The maximum absolute atomic E-state index is 13.9. The van der Waals surface area contributed by atoms with E-state index < -0.39 is 29.3 Å². The number of carbonyl (C=O) groups is 3. The number of carbonyl (C=O) groups excluding carboxylic acids is 3. The minimum Gasteiger partial charge on any atom is -0.400 e. The Hall–Kier alpha value is -2.96. The summed E-state index contributed by atoms with van der Waals surface area (Å²) in [7, 11) is 1.00. The lowest BCUT2D eigenvalue weighted by molar-refractivity contribution is -0.144. The van der Waals surface area contributed by atoms with Crippen molar-refractivity contribution in [3.63, 3.8) is 0 Å². The zero-order valence-corrected chi connectivity index (χ0v) is 30.4. The largest absolute Gasteiger partial charge is 0.400 e. The lowest BCUT2D eigenvalue weighted by Crippen LogP contribution is -2.58. The third-order valence-electron chi connectivity index (χ3n) is 11.0. The zero-order chi connectivity index (χ0) is 35.6. The maximum Gasteiger partial charge on any atom is 0.252 e. The first-order valence-electron chi connectivity index (χ1n) is 17.6. The van der Waals surface area contributed by atoms with Crippen molar-refractivity contribution >= 4 is 29.1 Å².